The van der Waals surface area contributed by atoms with E-state index in [4.69, 9.17) is 0 Å². The summed E-state index contributed by atoms with van der Waals surface area (Å²) in [5.74, 6) is 1.74. The minimum Gasteiger partial charge on any atom is -0.312 e. The summed E-state index contributed by atoms with van der Waals surface area (Å²) in [6, 6.07) is 11.7. The minimum absolute atomic E-state index is 0.726. The molecule has 2 fully saturated rings. The van der Waals surface area contributed by atoms with Gasteiger partial charge in [0.15, 0.2) is 0 Å². The van der Waals surface area contributed by atoms with Crippen LogP contribution in [0, 0.1) is 11.8 Å². The number of nitrogens with one attached hydrogen (secondary N) is 1. The topological polar surface area (TPSA) is 15.3 Å². The van der Waals surface area contributed by atoms with Crippen LogP contribution in [0.15, 0.2) is 30.3 Å². The molecule has 21 heavy (non-hydrogen) atoms. The third-order valence-electron chi connectivity index (χ3n) is 5.46. The molecule has 2 aliphatic rings. The highest BCUT2D eigenvalue weighted by Gasteiger charge is 2.25. The Morgan fingerprint density at radius 1 is 1.10 bits per heavy atom. The Kier molecular flexibility index (Phi) is 5.32. The molecule has 0 radical (unpaired) electrons. The Labute approximate surface area is 129 Å². The fourth-order valence-electron chi connectivity index (χ4n) is 3.96. The molecule has 2 atom stereocenters. The van der Waals surface area contributed by atoms with E-state index >= 15 is 0 Å². The van der Waals surface area contributed by atoms with E-state index in [-0.39, 0.29) is 0 Å². The lowest BCUT2D eigenvalue weighted by Crippen LogP contribution is -2.49. The molecule has 2 heterocycles. The SMILES string of the molecule is CC1CCCNC1CN1CCC(Cc2ccccc2)CC1. The highest BCUT2D eigenvalue weighted by Crippen LogP contribution is 2.23. The maximum Gasteiger partial charge on any atom is 0.0220 e. The summed E-state index contributed by atoms with van der Waals surface area (Å²) >= 11 is 0. The van der Waals surface area contributed by atoms with Gasteiger partial charge in [-0.3, -0.25) is 0 Å². The van der Waals surface area contributed by atoms with Gasteiger partial charge in [-0.2, -0.15) is 0 Å². The normalized spacial score (nSPS) is 28.6. The quantitative estimate of drug-likeness (QED) is 0.913. The molecule has 1 aromatic rings. The molecule has 0 aliphatic carbocycles. The van der Waals surface area contributed by atoms with Gasteiger partial charge in [-0.25, -0.2) is 0 Å². The first-order chi connectivity index (χ1) is 10.3. The van der Waals surface area contributed by atoms with Gasteiger partial charge in [0.05, 0.1) is 0 Å². The summed E-state index contributed by atoms with van der Waals surface area (Å²) in [5, 5.41) is 3.73. The van der Waals surface area contributed by atoms with Crippen LogP contribution in [-0.2, 0) is 6.42 Å². The van der Waals surface area contributed by atoms with E-state index in [0.29, 0.717) is 0 Å². The standard InChI is InChI=1S/C19H30N2/c1-16-6-5-11-20-19(16)15-21-12-9-18(10-13-21)14-17-7-3-2-4-8-17/h2-4,7-8,16,18-20H,5-6,9-15H2,1H3. The maximum absolute atomic E-state index is 3.73. The second-order valence-electron chi connectivity index (χ2n) is 7.11. The Hall–Kier alpha value is -0.860. The zero-order valence-corrected chi connectivity index (χ0v) is 13.4. The number of benzene rings is 1. The highest BCUT2D eigenvalue weighted by atomic mass is 15.2. The zero-order chi connectivity index (χ0) is 14.5. The van der Waals surface area contributed by atoms with Crippen molar-refractivity contribution in [2.75, 3.05) is 26.2 Å². The predicted octanol–water partition coefficient (Wildman–Crippen LogP) is 3.33. The second kappa shape index (κ2) is 7.42. The van der Waals surface area contributed by atoms with Gasteiger partial charge in [-0.1, -0.05) is 37.3 Å². The van der Waals surface area contributed by atoms with Crippen molar-refractivity contribution in [3.05, 3.63) is 35.9 Å². The summed E-state index contributed by atoms with van der Waals surface area (Å²) < 4.78 is 0. The van der Waals surface area contributed by atoms with E-state index in [2.05, 4.69) is 47.5 Å². The van der Waals surface area contributed by atoms with Crippen molar-refractivity contribution in [1.82, 2.24) is 10.2 Å². The number of hydrogen-bond acceptors (Lipinski definition) is 2. The lowest BCUT2D eigenvalue weighted by molar-refractivity contribution is 0.143. The molecular weight excluding hydrogens is 256 g/mol. The van der Waals surface area contributed by atoms with Gasteiger partial charge in [0.2, 0.25) is 0 Å². The van der Waals surface area contributed by atoms with E-state index in [0.717, 1.165) is 17.9 Å². The van der Waals surface area contributed by atoms with E-state index in [1.807, 2.05) is 0 Å². The molecule has 2 nitrogen and oxygen atoms in total. The molecule has 1 aromatic carbocycles. The van der Waals surface area contributed by atoms with Gasteiger partial charge in [0, 0.05) is 12.6 Å². The predicted molar refractivity (Wildman–Crippen MR) is 89.5 cm³/mol. The first-order valence-electron chi connectivity index (χ1n) is 8.81. The van der Waals surface area contributed by atoms with Crippen molar-refractivity contribution in [3.8, 4) is 0 Å². The monoisotopic (exact) mass is 286 g/mol. The van der Waals surface area contributed by atoms with Crippen LogP contribution in [0.3, 0.4) is 0 Å². The van der Waals surface area contributed by atoms with Crippen molar-refractivity contribution < 1.29 is 0 Å². The molecular formula is C19H30N2. The van der Waals surface area contributed by atoms with E-state index in [9.17, 15) is 0 Å². The van der Waals surface area contributed by atoms with E-state index < -0.39 is 0 Å². The maximum atomic E-state index is 3.73. The summed E-state index contributed by atoms with van der Waals surface area (Å²) in [6.45, 7) is 7.49. The molecule has 0 spiro atoms. The van der Waals surface area contributed by atoms with Crippen LogP contribution in [-0.4, -0.2) is 37.1 Å². The smallest absolute Gasteiger partial charge is 0.0220 e. The first kappa shape index (κ1) is 15.1. The largest absolute Gasteiger partial charge is 0.312 e. The Bertz CT molecular complexity index is 409. The number of hydrogen-bond donors (Lipinski definition) is 1. The minimum atomic E-state index is 0.726. The van der Waals surface area contributed by atoms with Crippen LogP contribution >= 0.6 is 0 Å². The Balaban J connectivity index is 1.42. The van der Waals surface area contributed by atoms with Crippen LogP contribution in [0.4, 0.5) is 0 Å². The molecule has 3 rings (SSSR count). The van der Waals surface area contributed by atoms with Crippen molar-refractivity contribution >= 4 is 0 Å². The fourth-order valence-corrected chi connectivity index (χ4v) is 3.96. The van der Waals surface area contributed by atoms with Gasteiger partial charge >= 0.3 is 0 Å². The van der Waals surface area contributed by atoms with Crippen molar-refractivity contribution in [2.45, 2.75) is 45.1 Å². The summed E-state index contributed by atoms with van der Waals surface area (Å²) in [6.07, 6.45) is 6.78. The second-order valence-corrected chi connectivity index (χ2v) is 7.11. The van der Waals surface area contributed by atoms with Crippen LogP contribution in [0.5, 0.6) is 0 Å². The number of likely N-dealkylation sites (tertiary alicyclic amines) is 1. The summed E-state index contributed by atoms with van der Waals surface area (Å²) in [7, 11) is 0. The lowest BCUT2D eigenvalue weighted by Gasteiger charge is -2.38. The van der Waals surface area contributed by atoms with Gasteiger partial charge in [0.1, 0.15) is 0 Å². The number of rotatable bonds is 4. The molecule has 116 valence electrons. The lowest BCUT2D eigenvalue weighted by atomic mass is 9.88. The van der Waals surface area contributed by atoms with Gasteiger partial charge in [0.25, 0.3) is 0 Å². The van der Waals surface area contributed by atoms with Crippen LogP contribution in [0.2, 0.25) is 0 Å². The molecule has 0 amide bonds. The van der Waals surface area contributed by atoms with Crippen molar-refractivity contribution in [1.29, 1.82) is 0 Å². The van der Waals surface area contributed by atoms with Crippen LogP contribution in [0.25, 0.3) is 0 Å². The van der Waals surface area contributed by atoms with Crippen LogP contribution < -0.4 is 5.32 Å². The Morgan fingerprint density at radius 3 is 2.57 bits per heavy atom. The zero-order valence-electron chi connectivity index (χ0n) is 13.4. The van der Waals surface area contributed by atoms with Gasteiger partial charge < -0.3 is 10.2 Å². The molecule has 1 N–H and O–H groups in total. The van der Waals surface area contributed by atoms with Gasteiger partial charge in [-0.15, -0.1) is 0 Å². The van der Waals surface area contributed by atoms with Crippen molar-refractivity contribution in [3.63, 3.8) is 0 Å². The third kappa shape index (κ3) is 4.31. The molecule has 2 unspecified atom stereocenters. The number of piperidine rings is 2. The van der Waals surface area contributed by atoms with E-state index in [1.165, 1.54) is 63.8 Å². The third-order valence-corrected chi connectivity index (χ3v) is 5.46. The molecule has 0 aromatic heterocycles. The fraction of sp³-hybridized carbons (Fsp3) is 0.684. The first-order valence-corrected chi connectivity index (χ1v) is 8.81. The molecule has 2 saturated heterocycles. The molecule has 0 bridgehead atoms. The van der Waals surface area contributed by atoms with E-state index in [1.54, 1.807) is 0 Å². The molecule has 0 saturated carbocycles. The molecule has 2 aliphatic heterocycles. The number of nitrogens with zero attached hydrogens (tertiary/aromatic N) is 1. The van der Waals surface area contributed by atoms with Crippen LogP contribution in [0.1, 0.15) is 38.2 Å². The average molecular weight is 286 g/mol. The molecule has 2 heteroatoms. The van der Waals surface area contributed by atoms with Gasteiger partial charge in [-0.05, 0) is 69.1 Å². The highest BCUT2D eigenvalue weighted by molar-refractivity contribution is 5.15. The average Bonchev–Trinajstić information content (AvgIpc) is 2.52. The summed E-state index contributed by atoms with van der Waals surface area (Å²) in [5.41, 5.74) is 1.51. The van der Waals surface area contributed by atoms with Crippen molar-refractivity contribution in [2.24, 2.45) is 11.8 Å². The summed E-state index contributed by atoms with van der Waals surface area (Å²) in [4.78, 5) is 2.70. The Morgan fingerprint density at radius 2 is 1.86 bits per heavy atom.